The number of hydrogen-bond donors (Lipinski definition) is 4. The van der Waals surface area contributed by atoms with Gasteiger partial charge in [0.2, 0.25) is 0 Å². The molecule has 0 spiro atoms. The normalized spacial score (nSPS) is 29.0. The first-order valence-electron chi connectivity index (χ1n) is 9.51. The second kappa shape index (κ2) is 8.28. The third-order valence-electron chi connectivity index (χ3n) is 5.30. The van der Waals surface area contributed by atoms with Gasteiger partial charge in [0.15, 0.2) is 11.5 Å². The van der Waals surface area contributed by atoms with Crippen molar-refractivity contribution in [3.63, 3.8) is 0 Å². The second-order valence-corrected chi connectivity index (χ2v) is 9.17. The average molecular weight is 465 g/mol. The Balaban J connectivity index is 1.53. The molecule has 0 amide bonds. The molecule has 2 aliphatic heterocycles. The number of piperidine rings is 1. The zero-order valence-corrected chi connectivity index (χ0v) is 17.1. The van der Waals surface area contributed by atoms with Crippen molar-refractivity contribution >= 4 is 19.1 Å². The Labute approximate surface area is 174 Å². The first-order chi connectivity index (χ1) is 14.6. The minimum absolute atomic E-state index is 0.0993. The highest BCUT2D eigenvalue weighted by atomic mass is 31.2. The van der Waals surface area contributed by atoms with Crippen molar-refractivity contribution in [2.24, 2.45) is 0 Å². The van der Waals surface area contributed by atoms with Gasteiger partial charge >= 0.3 is 7.60 Å². The number of aliphatic hydroxyl groups is 2. The van der Waals surface area contributed by atoms with Crippen molar-refractivity contribution in [3.8, 4) is 0 Å². The average Bonchev–Trinajstić information content (AvgIpc) is 3.23. The van der Waals surface area contributed by atoms with Gasteiger partial charge in [-0.25, -0.2) is 23.3 Å². The fourth-order valence-electron chi connectivity index (χ4n) is 3.70. The van der Waals surface area contributed by atoms with Crippen molar-refractivity contribution < 1.29 is 42.8 Å². The van der Waals surface area contributed by atoms with E-state index in [0.29, 0.717) is 11.5 Å². The Hall–Kier alpha value is -1.80. The molecule has 2 fully saturated rings. The van der Waals surface area contributed by atoms with Crippen molar-refractivity contribution in [2.75, 3.05) is 30.9 Å². The number of aliphatic hydroxyl groups excluding tert-OH is 2. The van der Waals surface area contributed by atoms with Gasteiger partial charge in [0.25, 0.3) is 5.92 Å². The molecule has 4 atom stereocenters. The zero-order valence-electron chi connectivity index (χ0n) is 16.2. The summed E-state index contributed by atoms with van der Waals surface area (Å²) in [6, 6.07) is 0. The fourth-order valence-corrected chi connectivity index (χ4v) is 4.05. The van der Waals surface area contributed by atoms with Crippen LogP contribution in [-0.2, 0) is 14.0 Å². The van der Waals surface area contributed by atoms with Crippen LogP contribution in [0, 0.1) is 0 Å². The van der Waals surface area contributed by atoms with E-state index in [9.17, 15) is 23.6 Å². The van der Waals surface area contributed by atoms with E-state index in [1.807, 2.05) is 0 Å². The lowest BCUT2D eigenvalue weighted by Gasteiger charge is -2.32. The Morgan fingerprint density at radius 1 is 1.23 bits per heavy atom. The largest absolute Gasteiger partial charge is 0.387 e. The lowest BCUT2D eigenvalue weighted by Crippen LogP contribution is -2.40. The summed E-state index contributed by atoms with van der Waals surface area (Å²) < 4.78 is 49.8. The highest BCUT2D eigenvalue weighted by Crippen LogP contribution is 2.37. The fraction of sp³-hybridized carbons (Fsp3) is 0.688. The highest BCUT2D eigenvalue weighted by Gasteiger charge is 2.45. The number of ether oxygens (including phenoxy) is 2. The third kappa shape index (κ3) is 4.70. The predicted molar refractivity (Wildman–Crippen MR) is 99.7 cm³/mol. The number of rotatable bonds is 6. The summed E-state index contributed by atoms with van der Waals surface area (Å²) in [5.41, 5.74) is 0.583. The van der Waals surface area contributed by atoms with Crippen molar-refractivity contribution in [2.45, 2.75) is 43.2 Å². The minimum Gasteiger partial charge on any atom is -0.387 e. The molecule has 172 valence electrons. The van der Waals surface area contributed by atoms with Gasteiger partial charge in [-0.15, -0.1) is 0 Å². The molecule has 4 N–H and O–H groups in total. The van der Waals surface area contributed by atoms with E-state index in [0.717, 1.165) is 0 Å². The summed E-state index contributed by atoms with van der Waals surface area (Å²) in [6.07, 6.45) is -3.68. The van der Waals surface area contributed by atoms with Crippen LogP contribution in [0.1, 0.15) is 24.6 Å². The standard InChI is InChI=1S/C16H22F2N5O7P/c17-16(18)1-3-22(4-2-16)14-15-19-5-9(23(15)21-7-20-14)13-12(25)11(24)10(30-13)6-29-8-31(26,27)28/h5,7,10-13,24-25H,1-4,6,8H2,(H2,26,27,28)/t10-,11-,12-,13+/m1/s1. The summed E-state index contributed by atoms with van der Waals surface area (Å²) >= 11 is 0. The molecule has 2 saturated heterocycles. The van der Waals surface area contributed by atoms with Gasteiger partial charge in [-0.3, -0.25) is 4.57 Å². The lowest BCUT2D eigenvalue weighted by atomic mass is 10.1. The molecule has 2 aromatic heterocycles. The molecule has 0 unspecified atom stereocenters. The van der Waals surface area contributed by atoms with Crippen LogP contribution in [0.5, 0.6) is 0 Å². The molecule has 0 bridgehead atoms. The van der Waals surface area contributed by atoms with Crippen LogP contribution in [0.2, 0.25) is 0 Å². The molecular formula is C16H22F2N5O7P. The smallest absolute Gasteiger partial charge is 0.350 e. The number of halogens is 2. The molecule has 12 nitrogen and oxygen atoms in total. The van der Waals surface area contributed by atoms with Crippen LogP contribution in [0.3, 0.4) is 0 Å². The topological polar surface area (TPSA) is 163 Å². The van der Waals surface area contributed by atoms with E-state index in [1.54, 1.807) is 4.90 Å². The summed E-state index contributed by atoms with van der Waals surface area (Å²) in [5, 5.41) is 24.8. The number of aromatic nitrogens is 4. The molecule has 2 aromatic rings. The molecule has 4 rings (SSSR count). The van der Waals surface area contributed by atoms with Crippen molar-refractivity contribution in [1.29, 1.82) is 0 Å². The summed E-state index contributed by atoms with van der Waals surface area (Å²) in [5.74, 6) is -2.35. The molecule has 4 heterocycles. The maximum atomic E-state index is 13.5. The van der Waals surface area contributed by atoms with Crippen molar-refractivity contribution in [3.05, 3.63) is 18.2 Å². The number of fused-ring (bicyclic) bond motifs is 1. The van der Waals surface area contributed by atoms with Crippen LogP contribution in [-0.4, -0.2) is 89.9 Å². The maximum absolute atomic E-state index is 13.5. The van der Waals surface area contributed by atoms with E-state index >= 15 is 0 Å². The Morgan fingerprint density at radius 3 is 2.61 bits per heavy atom. The molecule has 31 heavy (non-hydrogen) atoms. The van der Waals surface area contributed by atoms with Gasteiger partial charge in [-0.2, -0.15) is 5.10 Å². The number of nitrogens with zero attached hydrogens (tertiary/aromatic N) is 5. The van der Waals surface area contributed by atoms with E-state index in [1.165, 1.54) is 17.0 Å². The highest BCUT2D eigenvalue weighted by molar-refractivity contribution is 7.51. The van der Waals surface area contributed by atoms with E-state index in [4.69, 9.17) is 19.3 Å². The SMILES string of the molecule is O=P(O)(O)COC[C@H]1O[C@@H](c2cnc3c(N4CCC(F)(F)CC4)ncnn23)[C@H](O)[C@@H]1O. The number of imidazole rings is 1. The molecular weight excluding hydrogens is 443 g/mol. The number of alkyl halides is 2. The van der Waals surface area contributed by atoms with Gasteiger partial charge in [-0.1, -0.05) is 0 Å². The molecule has 0 aromatic carbocycles. The van der Waals surface area contributed by atoms with Gasteiger partial charge < -0.3 is 34.4 Å². The third-order valence-corrected chi connectivity index (χ3v) is 5.82. The van der Waals surface area contributed by atoms with Crippen LogP contribution >= 0.6 is 7.60 Å². The molecule has 2 aliphatic rings. The lowest BCUT2D eigenvalue weighted by molar-refractivity contribution is -0.0402. The maximum Gasteiger partial charge on any atom is 0.350 e. The van der Waals surface area contributed by atoms with Crippen molar-refractivity contribution in [1.82, 2.24) is 19.6 Å². The molecule has 15 heteroatoms. The quantitative estimate of drug-likeness (QED) is 0.413. The van der Waals surface area contributed by atoms with Gasteiger partial charge in [0, 0.05) is 25.9 Å². The van der Waals surface area contributed by atoms with Crippen LogP contribution in [0.25, 0.3) is 5.65 Å². The number of anilines is 1. The summed E-state index contributed by atoms with van der Waals surface area (Å²) in [6.45, 7) is -0.150. The Bertz CT molecular complexity index is 978. The molecule has 0 radical (unpaired) electrons. The molecule has 0 saturated carbocycles. The van der Waals surface area contributed by atoms with Crippen LogP contribution in [0.15, 0.2) is 12.5 Å². The van der Waals surface area contributed by atoms with E-state index in [2.05, 4.69) is 15.1 Å². The zero-order chi connectivity index (χ0) is 22.4. The van der Waals surface area contributed by atoms with E-state index in [-0.39, 0.29) is 38.2 Å². The predicted octanol–water partition coefficient (Wildman–Crippen LogP) is -0.327. The minimum atomic E-state index is -4.39. The Kier molecular flexibility index (Phi) is 5.98. The summed E-state index contributed by atoms with van der Waals surface area (Å²) in [4.78, 5) is 27.8. The first kappa shape index (κ1) is 22.4. The first-order valence-corrected chi connectivity index (χ1v) is 11.3. The number of hydrogen-bond acceptors (Lipinski definition) is 9. The van der Waals surface area contributed by atoms with Gasteiger partial charge in [0.1, 0.15) is 37.1 Å². The van der Waals surface area contributed by atoms with E-state index < -0.39 is 44.3 Å². The Morgan fingerprint density at radius 2 is 1.94 bits per heavy atom. The summed E-state index contributed by atoms with van der Waals surface area (Å²) in [7, 11) is -4.39. The molecule has 0 aliphatic carbocycles. The van der Waals surface area contributed by atoms with Crippen LogP contribution < -0.4 is 4.90 Å². The second-order valence-electron chi connectivity index (χ2n) is 7.59. The van der Waals surface area contributed by atoms with Gasteiger partial charge in [-0.05, 0) is 0 Å². The van der Waals surface area contributed by atoms with Crippen LogP contribution in [0.4, 0.5) is 14.6 Å². The monoisotopic (exact) mass is 465 g/mol. The van der Waals surface area contributed by atoms with Gasteiger partial charge in [0.05, 0.1) is 18.5 Å².